The molecule has 0 aliphatic heterocycles. The summed E-state index contributed by atoms with van der Waals surface area (Å²) in [6, 6.07) is 0. The van der Waals surface area contributed by atoms with Crippen LogP contribution in [-0.2, 0) is 4.84 Å². The molecule has 0 aromatic heterocycles. The van der Waals surface area contributed by atoms with E-state index in [9.17, 15) is 0 Å². The summed E-state index contributed by atoms with van der Waals surface area (Å²) < 4.78 is 0. The fourth-order valence-corrected chi connectivity index (χ4v) is 1.67. The zero-order valence-corrected chi connectivity index (χ0v) is 10.5. The molecule has 0 atom stereocenters. The predicted molar refractivity (Wildman–Crippen MR) is 67.3 cm³/mol. The van der Waals surface area contributed by atoms with Crippen molar-refractivity contribution in [1.29, 1.82) is 0 Å². The summed E-state index contributed by atoms with van der Waals surface area (Å²) in [6.45, 7) is 2.27. The average molecular weight is 213 g/mol. The summed E-state index contributed by atoms with van der Waals surface area (Å²) >= 11 is 0. The van der Waals surface area contributed by atoms with Crippen LogP contribution in [0, 0.1) is 0 Å². The minimum atomic E-state index is 1.06. The van der Waals surface area contributed by atoms with Crippen molar-refractivity contribution in [3.8, 4) is 0 Å². The first-order chi connectivity index (χ1) is 7.41. The van der Waals surface area contributed by atoms with Crippen molar-refractivity contribution in [2.75, 3.05) is 7.11 Å². The Morgan fingerprint density at radius 2 is 1.40 bits per heavy atom. The van der Waals surface area contributed by atoms with Gasteiger partial charge >= 0.3 is 0 Å². The van der Waals surface area contributed by atoms with Crippen molar-refractivity contribution in [3.63, 3.8) is 0 Å². The van der Waals surface area contributed by atoms with Crippen molar-refractivity contribution in [2.45, 2.75) is 71.1 Å². The van der Waals surface area contributed by atoms with Crippen LogP contribution in [0.25, 0.3) is 0 Å². The second kappa shape index (κ2) is 13.5. The molecule has 0 amide bonds. The number of unbranched alkanes of at least 4 members (excludes halogenated alkanes) is 9. The number of rotatable bonds is 11. The first kappa shape index (κ1) is 14.5. The van der Waals surface area contributed by atoms with Gasteiger partial charge in [-0.15, -0.1) is 0 Å². The van der Waals surface area contributed by atoms with E-state index in [1.807, 2.05) is 6.21 Å². The minimum absolute atomic E-state index is 1.06. The highest BCUT2D eigenvalue weighted by Gasteiger charge is 1.91. The van der Waals surface area contributed by atoms with Crippen molar-refractivity contribution in [2.24, 2.45) is 5.16 Å². The van der Waals surface area contributed by atoms with Crippen LogP contribution < -0.4 is 0 Å². The highest BCUT2D eigenvalue weighted by Crippen LogP contribution is 2.09. The maximum absolute atomic E-state index is 4.59. The molecule has 0 heterocycles. The molecule has 0 saturated carbocycles. The molecule has 0 aliphatic rings. The SMILES string of the molecule is CCCCCCCCCCC/C=N/OC. The lowest BCUT2D eigenvalue weighted by Gasteiger charge is -2.00. The van der Waals surface area contributed by atoms with Gasteiger partial charge in [0.2, 0.25) is 0 Å². The molecule has 90 valence electrons. The van der Waals surface area contributed by atoms with E-state index in [0.717, 1.165) is 6.42 Å². The van der Waals surface area contributed by atoms with Crippen LogP contribution in [0.15, 0.2) is 5.16 Å². The lowest BCUT2D eigenvalue weighted by atomic mass is 10.1. The Morgan fingerprint density at radius 3 is 1.93 bits per heavy atom. The fraction of sp³-hybridized carbons (Fsp3) is 0.923. The Morgan fingerprint density at radius 1 is 0.867 bits per heavy atom. The van der Waals surface area contributed by atoms with E-state index in [1.54, 1.807) is 7.11 Å². The molecule has 0 fully saturated rings. The lowest BCUT2D eigenvalue weighted by molar-refractivity contribution is 0.214. The van der Waals surface area contributed by atoms with Crippen molar-refractivity contribution >= 4 is 6.21 Å². The number of hydrogen-bond donors (Lipinski definition) is 0. The van der Waals surface area contributed by atoms with Crippen molar-refractivity contribution in [1.82, 2.24) is 0 Å². The van der Waals surface area contributed by atoms with Crippen molar-refractivity contribution in [3.05, 3.63) is 0 Å². The molecular weight excluding hydrogens is 186 g/mol. The molecule has 0 aromatic rings. The van der Waals surface area contributed by atoms with E-state index >= 15 is 0 Å². The summed E-state index contributed by atoms with van der Waals surface area (Å²) in [5.74, 6) is 0. The quantitative estimate of drug-likeness (QED) is 0.280. The monoisotopic (exact) mass is 213 g/mol. The maximum Gasteiger partial charge on any atom is 0.106 e. The van der Waals surface area contributed by atoms with Gasteiger partial charge in [-0.1, -0.05) is 63.4 Å². The second-order valence-corrected chi connectivity index (χ2v) is 4.09. The minimum Gasteiger partial charge on any atom is -0.399 e. The van der Waals surface area contributed by atoms with Crippen LogP contribution in [-0.4, -0.2) is 13.3 Å². The molecule has 2 heteroatoms. The third-order valence-electron chi connectivity index (χ3n) is 2.62. The van der Waals surface area contributed by atoms with Crippen LogP contribution >= 0.6 is 0 Å². The molecule has 0 aromatic carbocycles. The molecule has 0 bridgehead atoms. The van der Waals surface area contributed by atoms with Crippen LogP contribution in [0.2, 0.25) is 0 Å². The van der Waals surface area contributed by atoms with Gasteiger partial charge in [-0.2, -0.15) is 0 Å². The number of oxime groups is 1. The van der Waals surface area contributed by atoms with Gasteiger partial charge in [0.15, 0.2) is 0 Å². The molecule has 0 unspecified atom stereocenters. The highest BCUT2D eigenvalue weighted by molar-refractivity contribution is 5.55. The van der Waals surface area contributed by atoms with Crippen LogP contribution in [0.5, 0.6) is 0 Å². The first-order valence-corrected chi connectivity index (χ1v) is 6.46. The van der Waals surface area contributed by atoms with E-state index in [0.29, 0.717) is 0 Å². The number of hydrogen-bond acceptors (Lipinski definition) is 2. The summed E-state index contributed by atoms with van der Waals surface area (Å²) in [4.78, 5) is 4.59. The summed E-state index contributed by atoms with van der Waals surface area (Å²) in [7, 11) is 1.59. The molecule has 0 N–H and O–H groups in total. The van der Waals surface area contributed by atoms with E-state index in [4.69, 9.17) is 0 Å². The molecule has 0 rings (SSSR count). The lowest BCUT2D eigenvalue weighted by Crippen LogP contribution is -1.82. The van der Waals surface area contributed by atoms with Crippen LogP contribution in [0.3, 0.4) is 0 Å². The molecule has 0 saturated heterocycles. The predicted octanol–water partition coefficient (Wildman–Crippen LogP) is 4.54. The van der Waals surface area contributed by atoms with E-state index in [1.165, 1.54) is 57.8 Å². The topological polar surface area (TPSA) is 21.6 Å². The van der Waals surface area contributed by atoms with Gasteiger partial charge in [-0.25, -0.2) is 0 Å². The fourth-order valence-electron chi connectivity index (χ4n) is 1.67. The third-order valence-corrected chi connectivity index (χ3v) is 2.62. The standard InChI is InChI=1S/C13H27NO/c1-3-4-5-6-7-8-9-10-11-12-13-14-15-2/h13H,3-12H2,1-2H3/b14-13+. The van der Waals surface area contributed by atoms with Gasteiger partial charge < -0.3 is 4.84 Å². The van der Waals surface area contributed by atoms with Gasteiger partial charge in [0, 0.05) is 6.21 Å². The zero-order valence-electron chi connectivity index (χ0n) is 10.5. The molecule has 0 radical (unpaired) electrons. The second-order valence-electron chi connectivity index (χ2n) is 4.09. The number of nitrogens with zero attached hydrogens (tertiary/aromatic N) is 1. The van der Waals surface area contributed by atoms with E-state index in [2.05, 4.69) is 16.9 Å². The van der Waals surface area contributed by atoms with Crippen LogP contribution in [0.4, 0.5) is 0 Å². The zero-order chi connectivity index (χ0) is 11.2. The summed E-state index contributed by atoms with van der Waals surface area (Å²) in [5.41, 5.74) is 0. The Balaban J connectivity index is 2.89. The molecule has 15 heavy (non-hydrogen) atoms. The Labute approximate surface area is 95.1 Å². The molecular formula is C13H27NO. The summed E-state index contributed by atoms with van der Waals surface area (Å²) in [5, 5.41) is 3.71. The molecule has 0 spiro atoms. The maximum atomic E-state index is 4.59. The Bertz CT molecular complexity index is 134. The van der Waals surface area contributed by atoms with E-state index < -0.39 is 0 Å². The first-order valence-electron chi connectivity index (χ1n) is 6.46. The third kappa shape index (κ3) is 13.5. The Hall–Kier alpha value is -0.530. The average Bonchev–Trinajstić information content (AvgIpc) is 2.26. The normalized spacial score (nSPS) is 11.1. The largest absolute Gasteiger partial charge is 0.399 e. The van der Waals surface area contributed by atoms with Gasteiger partial charge in [-0.05, 0) is 12.8 Å². The smallest absolute Gasteiger partial charge is 0.106 e. The van der Waals surface area contributed by atoms with Crippen molar-refractivity contribution < 1.29 is 4.84 Å². The van der Waals surface area contributed by atoms with Gasteiger partial charge in [0.25, 0.3) is 0 Å². The molecule has 2 nitrogen and oxygen atoms in total. The van der Waals surface area contributed by atoms with Gasteiger partial charge in [-0.3, -0.25) is 0 Å². The molecule has 0 aliphatic carbocycles. The van der Waals surface area contributed by atoms with E-state index in [-0.39, 0.29) is 0 Å². The highest BCUT2D eigenvalue weighted by atomic mass is 16.6. The summed E-state index contributed by atoms with van der Waals surface area (Å²) in [6.07, 6.45) is 15.3. The van der Waals surface area contributed by atoms with Crippen LogP contribution in [0.1, 0.15) is 71.1 Å². The Kier molecular flexibility index (Phi) is 13.0. The van der Waals surface area contributed by atoms with Gasteiger partial charge in [0.1, 0.15) is 7.11 Å². The van der Waals surface area contributed by atoms with Gasteiger partial charge in [0.05, 0.1) is 0 Å².